The van der Waals surface area contributed by atoms with Crippen molar-refractivity contribution < 1.29 is 9.59 Å². The molecule has 3 aliphatic rings. The lowest BCUT2D eigenvalue weighted by Crippen LogP contribution is -2.51. The Bertz CT molecular complexity index is 1030. The molecule has 3 heterocycles. The lowest BCUT2D eigenvalue weighted by atomic mass is 9.94. The van der Waals surface area contributed by atoms with Crippen molar-refractivity contribution in [1.29, 1.82) is 0 Å². The van der Waals surface area contributed by atoms with Crippen molar-refractivity contribution in [2.24, 2.45) is 5.73 Å². The van der Waals surface area contributed by atoms with Gasteiger partial charge in [0, 0.05) is 36.6 Å². The maximum atomic E-state index is 13.3. The van der Waals surface area contributed by atoms with Crippen molar-refractivity contribution in [1.82, 2.24) is 14.9 Å². The molecule has 2 amide bonds. The Hall–Kier alpha value is -2.71. The first-order chi connectivity index (χ1) is 15.0. The van der Waals surface area contributed by atoms with E-state index in [-0.39, 0.29) is 42.3 Å². The van der Waals surface area contributed by atoms with E-state index in [2.05, 4.69) is 20.2 Å². The van der Waals surface area contributed by atoms with Crippen LogP contribution in [0.2, 0.25) is 5.02 Å². The predicted molar refractivity (Wildman–Crippen MR) is 118 cm³/mol. The Morgan fingerprint density at radius 1 is 1.26 bits per heavy atom. The number of aromatic nitrogens is 2. The number of benzene rings is 1. The molecule has 9 heteroatoms. The second-order valence-corrected chi connectivity index (χ2v) is 8.98. The number of hydrogen-bond donors (Lipinski definition) is 2. The van der Waals surface area contributed by atoms with Crippen LogP contribution in [0.5, 0.6) is 0 Å². The van der Waals surface area contributed by atoms with Crippen molar-refractivity contribution in [3.63, 3.8) is 0 Å². The lowest BCUT2D eigenvalue weighted by Gasteiger charge is -2.38. The number of fused-ring (bicyclic) bond motifs is 2. The summed E-state index contributed by atoms with van der Waals surface area (Å²) in [7, 11) is 0. The zero-order valence-corrected chi connectivity index (χ0v) is 18.0. The van der Waals surface area contributed by atoms with E-state index in [0.717, 1.165) is 23.4 Å². The average Bonchev–Trinajstić information content (AvgIpc) is 3.55. The van der Waals surface area contributed by atoms with Crippen LogP contribution < -0.4 is 16.0 Å². The molecule has 1 aromatic carbocycles. The number of amides is 2. The van der Waals surface area contributed by atoms with Gasteiger partial charge in [-0.3, -0.25) is 9.59 Å². The monoisotopic (exact) mass is 440 g/mol. The summed E-state index contributed by atoms with van der Waals surface area (Å²) in [5.74, 6) is 1.23. The number of carbonyl (C=O) groups excluding carboxylic acids is 2. The first-order valence-corrected chi connectivity index (χ1v) is 11.0. The molecule has 2 fully saturated rings. The summed E-state index contributed by atoms with van der Waals surface area (Å²) >= 11 is 5.99. The van der Waals surface area contributed by atoms with Gasteiger partial charge in [0.05, 0.1) is 18.0 Å². The van der Waals surface area contributed by atoms with Gasteiger partial charge in [-0.2, -0.15) is 0 Å². The molecular formula is C22H25ClN6O2. The number of nitrogens with zero attached hydrogens (tertiary/aromatic N) is 4. The van der Waals surface area contributed by atoms with E-state index in [1.165, 1.54) is 6.33 Å². The van der Waals surface area contributed by atoms with Crippen LogP contribution in [0, 0.1) is 0 Å². The molecule has 0 spiro atoms. The molecule has 2 aliphatic heterocycles. The van der Waals surface area contributed by atoms with Crippen molar-refractivity contribution in [3.05, 3.63) is 46.7 Å². The van der Waals surface area contributed by atoms with Crippen molar-refractivity contribution >= 4 is 35.1 Å². The number of anilines is 2. The molecule has 1 saturated heterocycles. The first-order valence-electron chi connectivity index (χ1n) is 10.6. The summed E-state index contributed by atoms with van der Waals surface area (Å²) in [4.78, 5) is 38.3. The topological polar surface area (TPSA) is 104 Å². The molecule has 0 bridgehead atoms. The number of piperazine rings is 1. The van der Waals surface area contributed by atoms with Crippen LogP contribution in [0.15, 0.2) is 30.6 Å². The zero-order chi connectivity index (χ0) is 21.7. The molecule has 31 heavy (non-hydrogen) atoms. The van der Waals surface area contributed by atoms with Crippen LogP contribution in [0.3, 0.4) is 0 Å². The van der Waals surface area contributed by atoms with Gasteiger partial charge in [-0.15, -0.1) is 0 Å². The minimum atomic E-state index is -0.368. The Morgan fingerprint density at radius 2 is 2.03 bits per heavy atom. The summed E-state index contributed by atoms with van der Waals surface area (Å²) in [6.07, 6.45) is 2.84. The number of rotatable bonds is 4. The van der Waals surface area contributed by atoms with Crippen LogP contribution in [0.1, 0.15) is 42.7 Å². The SMILES string of the molecule is C[C@@H]1CC(=O)Nc2ncnc(N3CCN(C(=O)[C@H](CN)c4ccc(Cl)cc4)[C@@H]4C[C@@H]43)c21. The van der Waals surface area contributed by atoms with Crippen LogP contribution in [0.25, 0.3) is 0 Å². The molecule has 4 atom stereocenters. The summed E-state index contributed by atoms with van der Waals surface area (Å²) in [6.45, 7) is 3.60. The lowest BCUT2D eigenvalue weighted by molar-refractivity contribution is -0.133. The third-order valence-corrected chi connectivity index (χ3v) is 6.82. The third-order valence-electron chi connectivity index (χ3n) is 6.57. The molecule has 3 N–H and O–H groups in total. The van der Waals surface area contributed by atoms with E-state index >= 15 is 0 Å². The van der Waals surface area contributed by atoms with Crippen LogP contribution in [-0.2, 0) is 9.59 Å². The first kappa shape index (κ1) is 20.2. The fourth-order valence-electron chi connectivity index (χ4n) is 4.93. The van der Waals surface area contributed by atoms with Gasteiger partial charge in [0.15, 0.2) is 0 Å². The second kappa shape index (κ2) is 7.76. The predicted octanol–water partition coefficient (Wildman–Crippen LogP) is 2.11. The van der Waals surface area contributed by atoms with Gasteiger partial charge in [0.1, 0.15) is 18.0 Å². The average molecular weight is 441 g/mol. The minimum absolute atomic E-state index is 0.0145. The highest BCUT2D eigenvalue weighted by molar-refractivity contribution is 6.30. The van der Waals surface area contributed by atoms with Crippen molar-refractivity contribution in [2.75, 3.05) is 29.9 Å². The summed E-state index contributed by atoms with van der Waals surface area (Å²) in [5, 5.41) is 3.51. The standard InChI is InChI=1S/C22H25ClN6O2/c1-12-8-18(30)27-20-19(12)21(26-11-25-20)28-6-7-29(17-9-16(17)28)22(31)15(10-24)13-2-4-14(23)5-3-13/h2-5,11-12,15-17H,6-10,24H2,1H3,(H,25,26,27,30)/t12-,15-,16+,17-/m1/s1. The van der Waals surface area contributed by atoms with E-state index < -0.39 is 0 Å². The van der Waals surface area contributed by atoms with Gasteiger partial charge in [-0.05, 0) is 30.0 Å². The van der Waals surface area contributed by atoms with Crippen LogP contribution >= 0.6 is 11.6 Å². The quantitative estimate of drug-likeness (QED) is 0.754. The molecule has 1 aliphatic carbocycles. The number of nitrogens with one attached hydrogen (secondary N) is 1. The van der Waals surface area contributed by atoms with Crippen LogP contribution in [-0.4, -0.2) is 58.4 Å². The summed E-state index contributed by atoms with van der Waals surface area (Å²) in [5.41, 5.74) is 7.88. The Kier molecular flexibility index (Phi) is 5.06. The molecule has 0 unspecified atom stereocenters. The van der Waals surface area contributed by atoms with Crippen LogP contribution in [0.4, 0.5) is 11.6 Å². The highest BCUT2D eigenvalue weighted by Gasteiger charge is 2.52. The highest BCUT2D eigenvalue weighted by Crippen LogP contribution is 2.44. The maximum absolute atomic E-state index is 13.3. The fraction of sp³-hybridized carbons (Fsp3) is 0.455. The molecule has 1 saturated carbocycles. The number of carbonyl (C=O) groups is 2. The Morgan fingerprint density at radius 3 is 2.77 bits per heavy atom. The molecule has 162 valence electrons. The van der Waals surface area contributed by atoms with Gasteiger partial charge >= 0.3 is 0 Å². The largest absolute Gasteiger partial charge is 0.349 e. The number of halogens is 1. The smallest absolute Gasteiger partial charge is 0.231 e. The van der Waals surface area contributed by atoms with Gasteiger partial charge in [-0.1, -0.05) is 30.7 Å². The van der Waals surface area contributed by atoms with E-state index in [4.69, 9.17) is 17.3 Å². The second-order valence-electron chi connectivity index (χ2n) is 8.55. The van der Waals surface area contributed by atoms with E-state index in [1.54, 1.807) is 12.1 Å². The maximum Gasteiger partial charge on any atom is 0.231 e. The summed E-state index contributed by atoms with van der Waals surface area (Å²) in [6, 6.07) is 7.72. The van der Waals surface area contributed by atoms with Gasteiger partial charge in [0.25, 0.3) is 0 Å². The normalized spacial score (nSPS) is 25.4. The van der Waals surface area contributed by atoms with Gasteiger partial charge in [0.2, 0.25) is 11.8 Å². The molecular weight excluding hydrogens is 416 g/mol. The van der Waals surface area contributed by atoms with E-state index in [1.807, 2.05) is 24.0 Å². The number of hydrogen-bond acceptors (Lipinski definition) is 6. The number of nitrogens with two attached hydrogens (primary N) is 1. The summed E-state index contributed by atoms with van der Waals surface area (Å²) < 4.78 is 0. The fourth-order valence-corrected chi connectivity index (χ4v) is 5.05. The molecule has 8 nitrogen and oxygen atoms in total. The molecule has 2 aromatic rings. The molecule has 1 aromatic heterocycles. The third kappa shape index (κ3) is 3.53. The highest BCUT2D eigenvalue weighted by atomic mass is 35.5. The Balaban J connectivity index is 1.35. The van der Waals surface area contributed by atoms with Gasteiger partial charge in [-0.25, -0.2) is 9.97 Å². The minimum Gasteiger partial charge on any atom is -0.349 e. The molecule has 0 radical (unpaired) electrons. The van der Waals surface area contributed by atoms with E-state index in [9.17, 15) is 9.59 Å². The van der Waals surface area contributed by atoms with Crippen molar-refractivity contribution in [3.8, 4) is 0 Å². The van der Waals surface area contributed by atoms with E-state index in [0.29, 0.717) is 30.4 Å². The van der Waals surface area contributed by atoms with Gasteiger partial charge < -0.3 is 20.9 Å². The van der Waals surface area contributed by atoms with Crippen molar-refractivity contribution in [2.45, 2.75) is 43.7 Å². The molecule has 5 rings (SSSR count). The zero-order valence-electron chi connectivity index (χ0n) is 17.3. The Labute approximate surface area is 185 Å².